The summed E-state index contributed by atoms with van der Waals surface area (Å²) in [6.07, 6.45) is 82.6. The van der Waals surface area contributed by atoms with E-state index in [4.69, 9.17) is 18.9 Å². The van der Waals surface area contributed by atoms with Crippen LogP contribution in [-0.2, 0) is 33.3 Å². The highest BCUT2D eigenvalue weighted by atomic mass is 16.7. The average Bonchev–Trinajstić information content (AvgIpc) is 3.62. The lowest BCUT2D eigenvalue weighted by Crippen LogP contribution is -2.40. The van der Waals surface area contributed by atoms with E-state index in [9.17, 15) is 19.5 Å². The summed E-state index contributed by atoms with van der Waals surface area (Å²) >= 11 is 0. The van der Waals surface area contributed by atoms with Crippen molar-refractivity contribution in [1.82, 2.24) is 0 Å². The summed E-state index contributed by atoms with van der Waals surface area (Å²) in [7, 11) is 6.00. The molecule has 0 bridgehead atoms. The highest BCUT2D eigenvalue weighted by molar-refractivity contribution is 5.71. The Morgan fingerprint density at radius 3 is 0.736 bits per heavy atom. The first kappa shape index (κ1) is 85.3. The largest absolute Gasteiger partial charge is 0.477 e. The molecule has 0 radical (unpaired) electrons. The van der Waals surface area contributed by atoms with E-state index in [2.05, 4.69) is 13.8 Å². The maximum absolute atomic E-state index is 13.0. The summed E-state index contributed by atoms with van der Waals surface area (Å²) in [5.41, 5.74) is 0. The molecule has 0 aromatic rings. The van der Waals surface area contributed by atoms with Crippen molar-refractivity contribution in [2.24, 2.45) is 0 Å². The van der Waals surface area contributed by atoms with Crippen LogP contribution in [0.15, 0.2) is 0 Å². The number of carboxylic acids is 1. The second-order valence-corrected chi connectivity index (χ2v) is 28.4. The molecule has 9 nitrogen and oxygen atoms in total. The quantitative estimate of drug-likeness (QED) is 0.0278. The number of quaternary nitrogens is 1. The Hall–Kier alpha value is -1.71. The number of ether oxygens (including phenoxy) is 4. The van der Waals surface area contributed by atoms with E-state index in [1.54, 1.807) is 0 Å². The molecule has 1 N–H and O–H groups in total. The summed E-state index contributed by atoms with van der Waals surface area (Å²) in [4.78, 5) is 37.7. The fourth-order valence-corrected chi connectivity index (χ4v) is 12.4. The van der Waals surface area contributed by atoms with Gasteiger partial charge in [-0.15, -0.1) is 0 Å². The van der Waals surface area contributed by atoms with Gasteiger partial charge in [0.15, 0.2) is 6.10 Å². The van der Waals surface area contributed by atoms with Crippen molar-refractivity contribution in [3.8, 4) is 0 Å². The standard InChI is InChI=1S/C78H153NO8/c1-6-8-10-12-14-16-18-20-22-24-26-28-30-32-34-36-37-38-39-40-41-43-45-47-49-51-53-55-57-59-61-63-65-67-69-76(81)87-74(73-86-78(77(82)83)84-71-70-79(3,4)5)72-85-75(80)68-66-64-62-60-58-56-54-52-50-48-46-44-42-35-33-31-29-27-25-23-21-19-17-15-13-11-9-7-2/h74,78H,6-73H2,1-5H3/p+1. The molecule has 0 aliphatic heterocycles. The molecule has 87 heavy (non-hydrogen) atoms. The molecule has 0 rings (SSSR count). The normalized spacial score (nSPS) is 12.5. The third-order valence-corrected chi connectivity index (χ3v) is 18.4. The van der Waals surface area contributed by atoms with Crippen LogP contribution in [0.2, 0.25) is 0 Å². The minimum Gasteiger partial charge on any atom is -0.477 e. The number of hydrogen-bond acceptors (Lipinski definition) is 7. The molecule has 0 amide bonds. The number of unbranched alkanes of at least 4 members (excludes halogenated alkanes) is 60. The Kier molecular flexibility index (Phi) is 68.8. The first-order valence-electron chi connectivity index (χ1n) is 39.2. The Bertz CT molecular complexity index is 1390. The predicted molar refractivity (Wildman–Crippen MR) is 374 cm³/mol. The maximum atomic E-state index is 13.0. The van der Waals surface area contributed by atoms with Gasteiger partial charge < -0.3 is 28.5 Å². The van der Waals surface area contributed by atoms with Crippen molar-refractivity contribution in [1.29, 1.82) is 0 Å². The summed E-state index contributed by atoms with van der Waals surface area (Å²) in [5, 5.41) is 9.76. The van der Waals surface area contributed by atoms with E-state index in [0.717, 1.165) is 38.5 Å². The van der Waals surface area contributed by atoms with E-state index < -0.39 is 18.4 Å². The molecule has 0 aromatic carbocycles. The third kappa shape index (κ3) is 71.6. The summed E-state index contributed by atoms with van der Waals surface area (Å²) in [6, 6.07) is 0. The van der Waals surface area contributed by atoms with Crippen molar-refractivity contribution in [2.75, 3.05) is 47.5 Å². The molecule has 0 aliphatic rings. The molecule has 0 saturated heterocycles. The molecule has 518 valence electrons. The van der Waals surface area contributed by atoms with Crippen LogP contribution in [0.4, 0.5) is 0 Å². The number of carbonyl (C=O) groups is 3. The van der Waals surface area contributed by atoms with Crippen molar-refractivity contribution in [3.05, 3.63) is 0 Å². The van der Waals surface area contributed by atoms with Gasteiger partial charge in [0.2, 0.25) is 0 Å². The van der Waals surface area contributed by atoms with Gasteiger partial charge in [0.05, 0.1) is 34.4 Å². The van der Waals surface area contributed by atoms with Crippen LogP contribution in [0.1, 0.15) is 425 Å². The lowest BCUT2D eigenvalue weighted by atomic mass is 10.0. The predicted octanol–water partition coefficient (Wildman–Crippen LogP) is 24.6. The van der Waals surface area contributed by atoms with Crippen molar-refractivity contribution in [2.45, 2.75) is 437 Å². The monoisotopic (exact) mass is 1230 g/mol. The number of rotatable bonds is 75. The van der Waals surface area contributed by atoms with Gasteiger partial charge in [-0.2, -0.15) is 0 Å². The van der Waals surface area contributed by atoms with Crippen LogP contribution in [0.3, 0.4) is 0 Å². The molecule has 0 aromatic heterocycles. The molecule has 0 heterocycles. The summed E-state index contributed by atoms with van der Waals surface area (Å²) in [5.74, 6) is -1.96. The van der Waals surface area contributed by atoms with Gasteiger partial charge >= 0.3 is 17.9 Å². The van der Waals surface area contributed by atoms with Gasteiger partial charge in [-0.05, 0) is 12.8 Å². The molecule has 0 fully saturated rings. The topological polar surface area (TPSA) is 108 Å². The lowest BCUT2D eigenvalue weighted by Gasteiger charge is -2.25. The van der Waals surface area contributed by atoms with Gasteiger partial charge in [-0.25, -0.2) is 4.79 Å². The summed E-state index contributed by atoms with van der Waals surface area (Å²) in [6.45, 7) is 4.98. The molecule has 9 heteroatoms. The zero-order valence-corrected chi connectivity index (χ0v) is 59.5. The Balaban J connectivity index is 3.96. The van der Waals surface area contributed by atoms with Crippen LogP contribution < -0.4 is 0 Å². The fourth-order valence-electron chi connectivity index (χ4n) is 12.4. The van der Waals surface area contributed by atoms with E-state index in [0.29, 0.717) is 17.4 Å². The van der Waals surface area contributed by atoms with Gasteiger partial charge in [0, 0.05) is 12.8 Å². The molecule has 0 saturated carbocycles. The third-order valence-electron chi connectivity index (χ3n) is 18.4. The second kappa shape index (κ2) is 70.2. The zero-order chi connectivity index (χ0) is 63.3. The van der Waals surface area contributed by atoms with Crippen LogP contribution in [0.5, 0.6) is 0 Å². The lowest BCUT2D eigenvalue weighted by molar-refractivity contribution is -0.870. The Morgan fingerprint density at radius 2 is 0.517 bits per heavy atom. The fraction of sp³-hybridized carbons (Fsp3) is 0.962. The molecule has 2 atom stereocenters. The molecule has 0 spiro atoms. The number of carboxylic acid groups (broad SMARTS) is 1. The highest BCUT2D eigenvalue weighted by Gasteiger charge is 2.25. The first-order chi connectivity index (χ1) is 42.6. The molecule has 0 aliphatic carbocycles. The first-order valence-corrected chi connectivity index (χ1v) is 39.2. The van der Waals surface area contributed by atoms with Gasteiger partial charge in [-0.1, -0.05) is 399 Å². The number of esters is 2. The number of carbonyl (C=O) groups excluding carboxylic acids is 2. The van der Waals surface area contributed by atoms with E-state index >= 15 is 0 Å². The van der Waals surface area contributed by atoms with Gasteiger partial charge in [0.1, 0.15) is 13.2 Å². The van der Waals surface area contributed by atoms with Crippen LogP contribution >= 0.6 is 0 Å². The van der Waals surface area contributed by atoms with Gasteiger partial charge in [0.25, 0.3) is 6.29 Å². The minimum atomic E-state index is -1.50. The molecular formula is C78H154NO8+. The van der Waals surface area contributed by atoms with Crippen LogP contribution in [-0.4, -0.2) is 87.4 Å². The number of nitrogens with zero attached hydrogens (tertiary/aromatic N) is 1. The minimum absolute atomic E-state index is 0.172. The van der Waals surface area contributed by atoms with E-state index in [1.807, 2.05) is 21.1 Å². The SMILES string of the molecule is CCCCCCCCCCCCCCCCCCCCCCCCCCCCCCCCCCCCC(=O)OC(COC(=O)CCCCCCCCCCCCCCCCCCCCCCCCCCCCCC)COC(OCC[N+](C)(C)C)C(=O)O. The Morgan fingerprint density at radius 1 is 0.299 bits per heavy atom. The maximum Gasteiger partial charge on any atom is 0.361 e. The highest BCUT2D eigenvalue weighted by Crippen LogP contribution is 2.21. The zero-order valence-electron chi connectivity index (χ0n) is 59.5. The number of hydrogen-bond donors (Lipinski definition) is 1. The van der Waals surface area contributed by atoms with Crippen molar-refractivity contribution >= 4 is 17.9 Å². The van der Waals surface area contributed by atoms with E-state index in [-0.39, 0.29) is 38.2 Å². The smallest absolute Gasteiger partial charge is 0.361 e. The molecule has 2 unspecified atom stereocenters. The van der Waals surface area contributed by atoms with Crippen molar-refractivity contribution in [3.63, 3.8) is 0 Å². The van der Waals surface area contributed by atoms with Gasteiger partial charge in [-0.3, -0.25) is 9.59 Å². The molecular weight excluding hydrogens is 1080 g/mol. The summed E-state index contributed by atoms with van der Waals surface area (Å²) < 4.78 is 23.1. The van der Waals surface area contributed by atoms with Crippen LogP contribution in [0, 0.1) is 0 Å². The van der Waals surface area contributed by atoms with E-state index in [1.165, 1.54) is 360 Å². The average molecular weight is 1230 g/mol. The van der Waals surface area contributed by atoms with Crippen molar-refractivity contribution < 1.29 is 42.9 Å². The number of likely N-dealkylation sites (N-methyl/N-ethyl adjacent to an activating group) is 1. The van der Waals surface area contributed by atoms with Crippen LogP contribution in [0.25, 0.3) is 0 Å². The Labute approximate surface area is 543 Å². The second-order valence-electron chi connectivity index (χ2n) is 28.4. The number of aliphatic carboxylic acids is 1.